The molecule has 1 saturated carbocycles. The highest BCUT2D eigenvalue weighted by molar-refractivity contribution is 5.96. The third-order valence-corrected chi connectivity index (χ3v) is 9.07. The molecule has 4 aliphatic rings. The van der Waals surface area contributed by atoms with Gasteiger partial charge in [-0.25, -0.2) is 14.0 Å². The van der Waals surface area contributed by atoms with Gasteiger partial charge in [-0.1, -0.05) is 18.2 Å². The number of benzene rings is 2. The molecule has 0 aromatic heterocycles. The molecular weight excluding hydrogens is 537 g/mol. The monoisotopic (exact) mass is 573 g/mol. The van der Waals surface area contributed by atoms with E-state index in [1.54, 1.807) is 49.9 Å². The predicted octanol–water partition coefficient (Wildman–Crippen LogP) is 5.23. The molecule has 42 heavy (non-hydrogen) atoms. The summed E-state index contributed by atoms with van der Waals surface area (Å²) in [5.74, 6) is -1.61. The third kappa shape index (κ3) is 4.96. The Bertz CT molecular complexity index is 1500. The van der Waals surface area contributed by atoms with Crippen molar-refractivity contribution < 1.29 is 28.2 Å². The number of fused-ring (bicyclic) bond motifs is 4. The minimum atomic E-state index is -0.726. The third-order valence-electron chi connectivity index (χ3n) is 9.07. The van der Waals surface area contributed by atoms with Crippen molar-refractivity contribution >= 4 is 17.8 Å². The molecule has 3 fully saturated rings. The SMILES string of the molecule is CN1CC2(C1)OC(=O)c1ccc(-c3ccc(C[C@@H](C#N)CC(=O)[C@@H]4[C@H]5CC[C@H](C5)N4C(=O)OC(C)(C)C)c(F)c3)cc12. The van der Waals surface area contributed by atoms with Crippen LogP contribution in [0.5, 0.6) is 0 Å². The van der Waals surface area contributed by atoms with Gasteiger partial charge in [0.05, 0.1) is 23.6 Å². The number of likely N-dealkylation sites (N-methyl/N-ethyl adjacent to an activating group) is 1. The Balaban J connectivity index is 1.16. The summed E-state index contributed by atoms with van der Waals surface area (Å²) in [5, 5.41) is 9.90. The standard InChI is InChI=1S/C33H36FN3O5/c1-32(2,3)42-31(40)37-24-9-7-23(13-24)29(37)28(38)12-19(16-35)11-22-6-5-21(15-27(22)34)20-8-10-25-26(14-20)33(41-30(25)39)17-36(4)18-33/h5-6,8,10,14-15,19,23-24,29H,7,9,11-13,17-18H2,1-4H3/t19-,23+,24-,29+/m1/s1. The fourth-order valence-electron chi connectivity index (χ4n) is 7.29. The van der Waals surface area contributed by atoms with E-state index in [9.17, 15) is 19.6 Å². The Morgan fingerprint density at radius 3 is 2.55 bits per heavy atom. The lowest BCUT2D eigenvalue weighted by Gasteiger charge is -2.44. The fraction of sp³-hybridized carbons (Fsp3) is 0.515. The molecule has 0 N–H and O–H groups in total. The Labute approximate surface area is 245 Å². The number of nitriles is 1. The summed E-state index contributed by atoms with van der Waals surface area (Å²) in [6, 6.07) is 11.9. The van der Waals surface area contributed by atoms with Crippen LogP contribution < -0.4 is 0 Å². The molecule has 3 heterocycles. The zero-order chi connectivity index (χ0) is 30.0. The number of carbonyl (C=O) groups excluding carboxylic acids is 3. The number of nitrogens with zero attached hydrogens (tertiary/aromatic N) is 3. The van der Waals surface area contributed by atoms with Crippen molar-refractivity contribution in [3.63, 3.8) is 0 Å². The van der Waals surface area contributed by atoms with Crippen LogP contribution in [0.1, 0.15) is 67.9 Å². The summed E-state index contributed by atoms with van der Waals surface area (Å²) in [4.78, 5) is 42.5. The summed E-state index contributed by atoms with van der Waals surface area (Å²) < 4.78 is 26.7. The minimum absolute atomic E-state index is 0.0201. The fourth-order valence-corrected chi connectivity index (χ4v) is 7.29. The molecular formula is C33H36FN3O5. The van der Waals surface area contributed by atoms with Crippen molar-refractivity contribution in [3.8, 4) is 17.2 Å². The van der Waals surface area contributed by atoms with Gasteiger partial charge in [0.1, 0.15) is 11.4 Å². The molecule has 8 nitrogen and oxygen atoms in total. The number of hydrogen-bond donors (Lipinski definition) is 0. The van der Waals surface area contributed by atoms with Crippen LogP contribution in [0.25, 0.3) is 11.1 Å². The molecule has 2 aromatic rings. The smallest absolute Gasteiger partial charge is 0.411 e. The van der Waals surface area contributed by atoms with E-state index in [1.165, 1.54) is 6.07 Å². The van der Waals surface area contributed by atoms with Crippen molar-refractivity contribution in [2.75, 3.05) is 20.1 Å². The average molecular weight is 574 g/mol. The second-order valence-corrected chi connectivity index (χ2v) is 13.4. The predicted molar refractivity (Wildman–Crippen MR) is 152 cm³/mol. The van der Waals surface area contributed by atoms with Gasteiger partial charge in [0.2, 0.25) is 0 Å². The number of likely N-dealkylation sites (tertiary alicyclic amines) is 2. The largest absolute Gasteiger partial charge is 0.448 e. The van der Waals surface area contributed by atoms with Crippen molar-refractivity contribution in [3.05, 3.63) is 58.9 Å². The van der Waals surface area contributed by atoms with Gasteiger partial charge in [-0.15, -0.1) is 0 Å². The number of esters is 1. The van der Waals surface area contributed by atoms with Gasteiger partial charge in [-0.3, -0.25) is 14.6 Å². The van der Waals surface area contributed by atoms with Crippen LogP contribution in [0, 0.1) is 29.0 Å². The van der Waals surface area contributed by atoms with Crippen molar-refractivity contribution in [2.24, 2.45) is 11.8 Å². The van der Waals surface area contributed by atoms with Crippen molar-refractivity contribution in [1.29, 1.82) is 5.26 Å². The molecule has 4 atom stereocenters. The quantitative estimate of drug-likeness (QED) is 0.436. The van der Waals surface area contributed by atoms with E-state index in [2.05, 4.69) is 11.0 Å². The number of rotatable bonds is 6. The summed E-state index contributed by atoms with van der Waals surface area (Å²) in [6.07, 6.45) is 2.03. The summed E-state index contributed by atoms with van der Waals surface area (Å²) in [6.45, 7) is 6.63. The van der Waals surface area contributed by atoms with Crippen LogP contribution in [0.3, 0.4) is 0 Å². The number of ether oxygens (including phenoxy) is 2. The van der Waals surface area contributed by atoms with Gasteiger partial charge < -0.3 is 9.47 Å². The van der Waals surface area contributed by atoms with E-state index >= 15 is 4.39 Å². The summed E-state index contributed by atoms with van der Waals surface area (Å²) in [5.41, 5.74) is 1.85. The lowest BCUT2D eigenvalue weighted by Crippen LogP contribution is -2.57. The van der Waals surface area contributed by atoms with Crippen LogP contribution in [0.4, 0.5) is 9.18 Å². The first-order valence-corrected chi connectivity index (χ1v) is 14.7. The number of ketones is 1. The molecule has 6 rings (SSSR count). The molecule has 3 aliphatic heterocycles. The highest BCUT2D eigenvalue weighted by Crippen LogP contribution is 2.45. The van der Waals surface area contributed by atoms with Crippen LogP contribution in [0.15, 0.2) is 36.4 Å². The maximum Gasteiger partial charge on any atom is 0.411 e. The Hall–Kier alpha value is -3.77. The van der Waals surface area contributed by atoms with Crippen molar-refractivity contribution in [1.82, 2.24) is 9.80 Å². The van der Waals surface area contributed by atoms with E-state index in [4.69, 9.17) is 9.47 Å². The zero-order valence-corrected chi connectivity index (χ0v) is 24.5. The van der Waals surface area contributed by atoms with Crippen LogP contribution >= 0.6 is 0 Å². The first kappa shape index (κ1) is 28.4. The van der Waals surface area contributed by atoms with Gasteiger partial charge in [-0.2, -0.15) is 5.26 Å². The molecule has 1 aliphatic carbocycles. The van der Waals surface area contributed by atoms with Gasteiger partial charge >= 0.3 is 12.1 Å². The van der Waals surface area contributed by atoms with E-state index < -0.39 is 35.1 Å². The number of amides is 1. The first-order chi connectivity index (χ1) is 19.9. The van der Waals surface area contributed by atoms with E-state index in [1.807, 2.05) is 13.1 Å². The lowest BCUT2D eigenvalue weighted by atomic mass is 9.84. The van der Waals surface area contributed by atoms with E-state index in [-0.39, 0.29) is 36.6 Å². The number of hydrogen-bond acceptors (Lipinski definition) is 7. The van der Waals surface area contributed by atoms with E-state index in [0.717, 1.165) is 30.4 Å². The molecule has 2 saturated heterocycles. The molecule has 220 valence electrons. The van der Waals surface area contributed by atoms with Gasteiger partial charge in [0.15, 0.2) is 11.4 Å². The number of carbonyl (C=O) groups is 3. The van der Waals surface area contributed by atoms with E-state index in [0.29, 0.717) is 29.8 Å². The van der Waals surface area contributed by atoms with Crippen LogP contribution in [-0.4, -0.2) is 65.5 Å². The molecule has 1 spiro atoms. The van der Waals surface area contributed by atoms with Gasteiger partial charge in [-0.05, 0) is 94.3 Å². The van der Waals surface area contributed by atoms with Crippen LogP contribution in [-0.2, 0) is 26.3 Å². The molecule has 0 unspecified atom stereocenters. The highest BCUT2D eigenvalue weighted by atomic mass is 19.1. The van der Waals surface area contributed by atoms with Gasteiger partial charge in [0.25, 0.3) is 0 Å². The second-order valence-electron chi connectivity index (χ2n) is 13.4. The van der Waals surface area contributed by atoms with Crippen LogP contribution in [0.2, 0.25) is 0 Å². The first-order valence-electron chi connectivity index (χ1n) is 14.7. The second kappa shape index (κ2) is 10.2. The number of halogens is 1. The Morgan fingerprint density at radius 2 is 1.88 bits per heavy atom. The average Bonchev–Trinajstić information content (AvgIpc) is 3.60. The molecule has 2 bridgehead atoms. The topological polar surface area (TPSA) is 99.9 Å². The molecule has 0 radical (unpaired) electrons. The summed E-state index contributed by atoms with van der Waals surface area (Å²) in [7, 11) is 1.96. The molecule has 9 heteroatoms. The molecule has 1 amide bonds. The Morgan fingerprint density at radius 1 is 1.17 bits per heavy atom. The minimum Gasteiger partial charge on any atom is -0.448 e. The normalized spacial score (nSPS) is 24.6. The summed E-state index contributed by atoms with van der Waals surface area (Å²) >= 11 is 0. The lowest BCUT2D eigenvalue weighted by molar-refractivity contribution is -0.126. The molecule has 2 aromatic carbocycles. The van der Waals surface area contributed by atoms with Gasteiger partial charge in [0, 0.05) is 31.1 Å². The Kier molecular flexibility index (Phi) is 6.88. The zero-order valence-electron chi connectivity index (χ0n) is 24.5. The maximum absolute atomic E-state index is 15.4. The number of Topliss-reactive ketones (excluding diaryl/α,β-unsaturated/α-hetero) is 1. The number of piperidine rings is 1. The maximum atomic E-state index is 15.4. The highest BCUT2D eigenvalue weighted by Gasteiger charge is 2.53. The van der Waals surface area contributed by atoms with Crippen molar-refractivity contribution in [2.45, 2.75) is 76.2 Å².